The summed E-state index contributed by atoms with van der Waals surface area (Å²) in [6.07, 6.45) is 4.70. The molecule has 1 amide bonds. The Hall–Kier alpha value is -0.570. The molecule has 3 fully saturated rings. The van der Waals surface area contributed by atoms with Crippen LogP contribution >= 0.6 is 0 Å². The minimum Gasteiger partial charge on any atom is -0.337 e. The van der Waals surface area contributed by atoms with Crippen molar-refractivity contribution in [3.63, 3.8) is 0 Å². The number of likely N-dealkylation sites (tertiary alicyclic amines) is 1. The van der Waals surface area contributed by atoms with Crippen molar-refractivity contribution in [1.29, 1.82) is 0 Å². The first kappa shape index (κ1) is 12.5. The number of piperidine rings is 1. The highest BCUT2D eigenvalue weighted by atomic mass is 16.2. The van der Waals surface area contributed by atoms with E-state index in [4.69, 9.17) is 0 Å². The van der Waals surface area contributed by atoms with E-state index in [0.29, 0.717) is 23.2 Å². The van der Waals surface area contributed by atoms with Crippen LogP contribution in [-0.2, 0) is 4.79 Å². The topological polar surface area (TPSA) is 32.3 Å². The normalized spacial score (nSPS) is 36.9. The van der Waals surface area contributed by atoms with Crippen LogP contribution in [0.3, 0.4) is 0 Å². The molecule has 2 aliphatic heterocycles. The molecule has 0 radical (unpaired) electrons. The molecule has 3 heteroatoms. The van der Waals surface area contributed by atoms with E-state index in [1.54, 1.807) is 0 Å². The Morgan fingerprint density at radius 1 is 1.22 bits per heavy atom. The number of amides is 1. The molecular formula is C15H26N2O. The van der Waals surface area contributed by atoms with E-state index >= 15 is 0 Å². The summed E-state index contributed by atoms with van der Waals surface area (Å²) in [7, 11) is 0. The fourth-order valence-electron chi connectivity index (χ4n) is 4.34. The minimum atomic E-state index is 0.0766. The van der Waals surface area contributed by atoms with Gasteiger partial charge in [0.15, 0.2) is 0 Å². The second-order valence-electron chi connectivity index (χ2n) is 7.44. The summed E-state index contributed by atoms with van der Waals surface area (Å²) in [6.45, 7) is 9.89. The largest absolute Gasteiger partial charge is 0.337 e. The first-order valence-corrected chi connectivity index (χ1v) is 7.47. The maximum absolute atomic E-state index is 12.7. The highest BCUT2D eigenvalue weighted by Crippen LogP contribution is 2.59. The van der Waals surface area contributed by atoms with Crippen LogP contribution in [0.5, 0.6) is 0 Å². The monoisotopic (exact) mass is 250 g/mol. The van der Waals surface area contributed by atoms with E-state index in [2.05, 4.69) is 31.0 Å². The van der Waals surface area contributed by atoms with Gasteiger partial charge < -0.3 is 10.2 Å². The van der Waals surface area contributed by atoms with Crippen LogP contribution in [0.1, 0.15) is 46.5 Å². The summed E-state index contributed by atoms with van der Waals surface area (Å²) in [4.78, 5) is 14.9. The number of hydrogen-bond donors (Lipinski definition) is 1. The molecule has 2 unspecified atom stereocenters. The van der Waals surface area contributed by atoms with Gasteiger partial charge in [-0.3, -0.25) is 4.79 Å². The average Bonchev–Trinajstić information content (AvgIpc) is 2.90. The van der Waals surface area contributed by atoms with Crippen molar-refractivity contribution in [2.75, 3.05) is 19.6 Å². The standard InChI is InChI=1S/C15H26N2O/c1-11-8-14(2,3)17(10-11)13(18)12-9-15(12)4-6-16-7-5-15/h11-12,16H,4-10H2,1-3H3. The SMILES string of the molecule is CC1CN(C(=O)C2CC23CCNCC3)C(C)(C)C1. The maximum atomic E-state index is 12.7. The van der Waals surface area contributed by atoms with E-state index in [0.717, 1.165) is 32.5 Å². The van der Waals surface area contributed by atoms with Gasteiger partial charge >= 0.3 is 0 Å². The van der Waals surface area contributed by atoms with Crippen molar-refractivity contribution in [1.82, 2.24) is 10.2 Å². The van der Waals surface area contributed by atoms with Gasteiger partial charge in [0.2, 0.25) is 5.91 Å². The van der Waals surface area contributed by atoms with Crippen molar-refractivity contribution in [3.05, 3.63) is 0 Å². The fraction of sp³-hybridized carbons (Fsp3) is 0.933. The molecule has 1 N–H and O–H groups in total. The van der Waals surface area contributed by atoms with Gasteiger partial charge in [-0.2, -0.15) is 0 Å². The Balaban J connectivity index is 1.69. The number of carbonyl (C=O) groups excluding carboxylic acids is 1. The van der Waals surface area contributed by atoms with Gasteiger partial charge in [-0.05, 0) is 64.0 Å². The molecular weight excluding hydrogens is 224 g/mol. The Morgan fingerprint density at radius 3 is 2.44 bits per heavy atom. The highest BCUT2D eigenvalue weighted by Gasteiger charge is 2.60. The molecule has 2 saturated heterocycles. The van der Waals surface area contributed by atoms with E-state index < -0.39 is 0 Å². The molecule has 3 aliphatic rings. The Kier molecular flexibility index (Phi) is 2.74. The number of carbonyl (C=O) groups is 1. The Bertz CT molecular complexity index is 358. The van der Waals surface area contributed by atoms with Crippen LogP contribution < -0.4 is 5.32 Å². The third kappa shape index (κ3) is 1.87. The molecule has 2 atom stereocenters. The van der Waals surface area contributed by atoms with Gasteiger partial charge in [-0.1, -0.05) is 6.92 Å². The van der Waals surface area contributed by atoms with Crippen molar-refractivity contribution in [3.8, 4) is 0 Å². The molecule has 0 aromatic heterocycles. The van der Waals surface area contributed by atoms with Crippen LogP contribution in [0.25, 0.3) is 0 Å². The van der Waals surface area contributed by atoms with Crippen LogP contribution in [-0.4, -0.2) is 36.0 Å². The zero-order chi connectivity index (χ0) is 13.0. The first-order chi connectivity index (χ1) is 8.45. The van der Waals surface area contributed by atoms with E-state index in [1.165, 1.54) is 12.8 Å². The zero-order valence-electron chi connectivity index (χ0n) is 12.0. The van der Waals surface area contributed by atoms with Crippen LogP contribution in [0.2, 0.25) is 0 Å². The molecule has 3 rings (SSSR count). The predicted octanol–water partition coefficient (Wildman–Crippen LogP) is 2.02. The minimum absolute atomic E-state index is 0.0766. The van der Waals surface area contributed by atoms with Crippen molar-refractivity contribution in [2.24, 2.45) is 17.3 Å². The highest BCUT2D eigenvalue weighted by molar-refractivity contribution is 5.83. The molecule has 1 spiro atoms. The third-order valence-electron chi connectivity index (χ3n) is 5.43. The molecule has 0 bridgehead atoms. The molecule has 0 aromatic carbocycles. The summed E-state index contributed by atoms with van der Waals surface area (Å²) < 4.78 is 0. The summed E-state index contributed by atoms with van der Waals surface area (Å²) in [5.74, 6) is 1.45. The quantitative estimate of drug-likeness (QED) is 0.772. The second kappa shape index (κ2) is 3.96. The molecule has 2 heterocycles. The summed E-state index contributed by atoms with van der Waals surface area (Å²) in [5, 5.41) is 3.41. The van der Waals surface area contributed by atoms with Gasteiger partial charge in [0, 0.05) is 18.0 Å². The first-order valence-electron chi connectivity index (χ1n) is 7.47. The molecule has 1 saturated carbocycles. The Morgan fingerprint density at radius 2 is 1.89 bits per heavy atom. The maximum Gasteiger partial charge on any atom is 0.226 e. The van der Waals surface area contributed by atoms with Crippen molar-refractivity contribution in [2.45, 2.75) is 52.0 Å². The number of rotatable bonds is 1. The molecule has 0 aromatic rings. The third-order valence-corrected chi connectivity index (χ3v) is 5.43. The van der Waals surface area contributed by atoms with Crippen LogP contribution in [0, 0.1) is 17.3 Å². The number of hydrogen-bond acceptors (Lipinski definition) is 2. The van der Waals surface area contributed by atoms with Crippen LogP contribution in [0.4, 0.5) is 0 Å². The Labute approximate surface area is 110 Å². The van der Waals surface area contributed by atoms with Crippen LogP contribution in [0.15, 0.2) is 0 Å². The lowest BCUT2D eigenvalue weighted by Crippen LogP contribution is -2.44. The summed E-state index contributed by atoms with van der Waals surface area (Å²) >= 11 is 0. The predicted molar refractivity (Wildman–Crippen MR) is 72.2 cm³/mol. The van der Waals surface area contributed by atoms with Crippen molar-refractivity contribution < 1.29 is 4.79 Å². The summed E-state index contributed by atoms with van der Waals surface area (Å²) in [6, 6.07) is 0. The average molecular weight is 250 g/mol. The van der Waals surface area contributed by atoms with Gasteiger partial charge in [-0.25, -0.2) is 0 Å². The lowest BCUT2D eigenvalue weighted by molar-refractivity contribution is -0.136. The number of nitrogens with one attached hydrogen (secondary N) is 1. The van der Waals surface area contributed by atoms with Crippen molar-refractivity contribution >= 4 is 5.91 Å². The van der Waals surface area contributed by atoms with E-state index in [1.807, 2.05) is 0 Å². The molecule has 18 heavy (non-hydrogen) atoms. The fourth-order valence-corrected chi connectivity index (χ4v) is 4.34. The van der Waals surface area contributed by atoms with Gasteiger partial charge in [0.25, 0.3) is 0 Å². The van der Waals surface area contributed by atoms with E-state index in [-0.39, 0.29) is 5.54 Å². The lowest BCUT2D eigenvalue weighted by Gasteiger charge is -2.33. The molecule has 1 aliphatic carbocycles. The van der Waals surface area contributed by atoms with E-state index in [9.17, 15) is 4.79 Å². The second-order valence-corrected chi connectivity index (χ2v) is 7.44. The van der Waals surface area contributed by atoms with Gasteiger partial charge in [-0.15, -0.1) is 0 Å². The van der Waals surface area contributed by atoms with Gasteiger partial charge in [0.1, 0.15) is 0 Å². The number of nitrogens with zero attached hydrogens (tertiary/aromatic N) is 1. The summed E-state index contributed by atoms with van der Waals surface area (Å²) in [5.41, 5.74) is 0.456. The van der Waals surface area contributed by atoms with Gasteiger partial charge in [0.05, 0.1) is 0 Å². The smallest absolute Gasteiger partial charge is 0.226 e. The zero-order valence-corrected chi connectivity index (χ0v) is 12.0. The molecule has 3 nitrogen and oxygen atoms in total. The molecule has 102 valence electrons. The lowest BCUT2D eigenvalue weighted by atomic mass is 9.91.